The van der Waals surface area contributed by atoms with Gasteiger partial charge in [-0.05, 0) is 26.2 Å². The van der Waals surface area contributed by atoms with Crippen LogP contribution in [0.15, 0.2) is 17.0 Å². The Morgan fingerprint density at radius 3 is 2.74 bits per heavy atom. The van der Waals surface area contributed by atoms with Crippen LogP contribution in [-0.2, 0) is 11.0 Å². The van der Waals surface area contributed by atoms with Crippen molar-refractivity contribution in [2.45, 2.75) is 4.90 Å². The third kappa shape index (κ3) is 4.57. The highest BCUT2D eigenvalue weighted by atomic mass is 32.2. The van der Waals surface area contributed by atoms with E-state index >= 15 is 0 Å². The maximum Gasteiger partial charge on any atom is 0.150 e. The summed E-state index contributed by atoms with van der Waals surface area (Å²) in [5.41, 5.74) is 5.52. The lowest BCUT2D eigenvalue weighted by molar-refractivity contribution is 0.406. The number of nitrogens with two attached hydrogens (primary N) is 1. The van der Waals surface area contributed by atoms with E-state index in [9.17, 15) is 8.60 Å². The molecule has 0 spiro atoms. The van der Waals surface area contributed by atoms with E-state index < -0.39 is 16.8 Å². The smallest absolute Gasteiger partial charge is 0.150 e. The second-order valence-electron chi connectivity index (χ2n) is 4.09. The van der Waals surface area contributed by atoms with Crippen molar-refractivity contribution >= 4 is 16.7 Å². The van der Waals surface area contributed by atoms with Gasteiger partial charge in [0, 0.05) is 13.1 Å². The summed E-state index contributed by atoms with van der Waals surface area (Å²) in [4.78, 5) is 2.03. The molecule has 6 nitrogen and oxygen atoms in total. The largest absolute Gasteiger partial charge is 0.318 e. The molecule has 0 amide bonds. The zero-order valence-electron chi connectivity index (χ0n) is 10.7. The van der Waals surface area contributed by atoms with Crippen LogP contribution < -0.4 is 16.0 Å². The van der Waals surface area contributed by atoms with Crippen molar-refractivity contribution in [2.24, 2.45) is 5.14 Å². The van der Waals surface area contributed by atoms with Crippen molar-refractivity contribution in [3.63, 3.8) is 0 Å². The highest BCUT2D eigenvalue weighted by Crippen LogP contribution is 2.21. The number of halogens is 1. The fourth-order valence-corrected chi connectivity index (χ4v) is 1.80. The molecule has 4 N–H and O–H groups in total. The predicted octanol–water partition coefficient (Wildman–Crippen LogP) is 0.157. The molecule has 0 radical (unpaired) electrons. The van der Waals surface area contributed by atoms with E-state index in [2.05, 4.69) is 10.9 Å². The first kappa shape index (κ1) is 15.5. The molecule has 1 aromatic carbocycles. The lowest BCUT2D eigenvalue weighted by Crippen LogP contribution is -2.31. The molecule has 0 saturated heterocycles. The van der Waals surface area contributed by atoms with Gasteiger partial charge in [0.2, 0.25) is 0 Å². The van der Waals surface area contributed by atoms with E-state index in [1.807, 2.05) is 25.1 Å². The van der Waals surface area contributed by atoms with Gasteiger partial charge in [-0.15, -0.1) is 0 Å². The van der Waals surface area contributed by atoms with E-state index in [0.29, 0.717) is 6.54 Å². The average Bonchev–Trinajstić information content (AvgIpc) is 2.34. The monoisotopic (exact) mass is 285 g/mol. The lowest BCUT2D eigenvalue weighted by Gasteiger charge is -2.14. The van der Waals surface area contributed by atoms with E-state index in [-0.39, 0.29) is 16.1 Å². The summed E-state index contributed by atoms with van der Waals surface area (Å²) in [6, 6.07) is 4.19. The van der Waals surface area contributed by atoms with Gasteiger partial charge in [-0.3, -0.25) is 0 Å². The molecule has 0 aliphatic heterocycles. The van der Waals surface area contributed by atoms with E-state index in [1.165, 1.54) is 6.07 Å². The second-order valence-corrected chi connectivity index (χ2v) is 5.16. The van der Waals surface area contributed by atoms with Crippen LogP contribution in [0, 0.1) is 17.1 Å². The summed E-state index contributed by atoms with van der Waals surface area (Å²) in [6.07, 6.45) is 0. The SMILES string of the molecule is CN(C)CCNNc1c(F)cc(S(N)=O)cc1C#N. The molecule has 0 aromatic heterocycles. The van der Waals surface area contributed by atoms with Crippen LogP contribution in [0.5, 0.6) is 0 Å². The van der Waals surface area contributed by atoms with Crippen LogP contribution in [0.2, 0.25) is 0 Å². The van der Waals surface area contributed by atoms with Crippen LogP contribution in [0.1, 0.15) is 5.56 Å². The molecule has 1 unspecified atom stereocenters. The zero-order chi connectivity index (χ0) is 14.4. The molecule has 1 atom stereocenters. The van der Waals surface area contributed by atoms with E-state index in [1.54, 1.807) is 0 Å². The van der Waals surface area contributed by atoms with Gasteiger partial charge in [0.15, 0.2) is 0 Å². The third-order valence-electron chi connectivity index (χ3n) is 2.31. The van der Waals surface area contributed by atoms with Crippen LogP contribution >= 0.6 is 0 Å². The standard InChI is InChI=1S/C11H16FN5OS/c1-17(2)4-3-15-16-11-8(7-13)5-9(19(14)18)6-10(11)12/h5-6,15-16H,3-4,14H2,1-2H3. The van der Waals surface area contributed by atoms with Gasteiger partial charge < -0.3 is 10.3 Å². The number of hydrazine groups is 1. The number of anilines is 1. The average molecular weight is 285 g/mol. The molecule has 8 heteroatoms. The van der Waals surface area contributed by atoms with E-state index in [0.717, 1.165) is 12.6 Å². The Balaban J connectivity index is 2.83. The van der Waals surface area contributed by atoms with Crippen molar-refractivity contribution in [2.75, 3.05) is 32.6 Å². The van der Waals surface area contributed by atoms with Crippen LogP contribution in [0.25, 0.3) is 0 Å². The first-order valence-electron chi connectivity index (χ1n) is 5.49. The maximum atomic E-state index is 13.8. The minimum Gasteiger partial charge on any atom is -0.318 e. The molecule has 0 fully saturated rings. The summed E-state index contributed by atoms with van der Waals surface area (Å²) in [6.45, 7) is 1.32. The normalized spacial score (nSPS) is 12.2. The van der Waals surface area contributed by atoms with Crippen LogP contribution in [0.4, 0.5) is 10.1 Å². The summed E-state index contributed by atoms with van der Waals surface area (Å²) < 4.78 is 24.9. The minimum absolute atomic E-state index is 0.0236. The van der Waals surface area contributed by atoms with Gasteiger partial charge in [-0.25, -0.2) is 19.2 Å². The Kier molecular flexibility index (Phi) is 5.85. The highest BCUT2D eigenvalue weighted by Gasteiger charge is 2.12. The predicted molar refractivity (Wildman–Crippen MR) is 71.9 cm³/mol. The van der Waals surface area contributed by atoms with E-state index in [4.69, 9.17) is 10.4 Å². The molecule has 0 saturated carbocycles. The maximum absolute atomic E-state index is 13.8. The first-order chi connectivity index (χ1) is 8.95. The summed E-state index contributed by atoms with van der Waals surface area (Å²) >= 11 is 0. The molecule has 0 aliphatic rings. The third-order valence-corrected chi connectivity index (χ3v) is 3.01. The second kappa shape index (κ2) is 7.16. The summed E-state index contributed by atoms with van der Waals surface area (Å²) in [5.74, 6) is -0.676. The summed E-state index contributed by atoms with van der Waals surface area (Å²) in [7, 11) is 2.00. The number of nitriles is 1. The molecule has 104 valence electrons. The number of hydrogen-bond acceptors (Lipinski definition) is 5. The fraction of sp³-hybridized carbons (Fsp3) is 0.364. The molecule has 0 aliphatic carbocycles. The highest BCUT2D eigenvalue weighted by molar-refractivity contribution is 7.82. The van der Waals surface area contributed by atoms with Crippen molar-refractivity contribution in [1.29, 1.82) is 5.26 Å². The van der Waals surface area contributed by atoms with Crippen LogP contribution in [-0.4, -0.2) is 36.3 Å². The number of hydrogen-bond donors (Lipinski definition) is 3. The van der Waals surface area contributed by atoms with Gasteiger partial charge in [0.05, 0.1) is 10.5 Å². The number of likely N-dealkylation sites (N-methyl/N-ethyl adjacent to an activating group) is 1. The number of benzene rings is 1. The molecular weight excluding hydrogens is 269 g/mol. The first-order valence-corrected chi connectivity index (χ1v) is 6.70. The zero-order valence-corrected chi connectivity index (χ0v) is 11.6. The molecule has 0 bridgehead atoms. The van der Waals surface area contributed by atoms with Crippen molar-refractivity contribution in [3.8, 4) is 6.07 Å². The van der Waals surface area contributed by atoms with Gasteiger partial charge in [0.25, 0.3) is 0 Å². The van der Waals surface area contributed by atoms with Gasteiger partial charge in [0.1, 0.15) is 28.6 Å². The van der Waals surface area contributed by atoms with Gasteiger partial charge in [-0.1, -0.05) is 0 Å². The Labute approximate surface area is 113 Å². The fourth-order valence-electron chi connectivity index (χ4n) is 1.34. The van der Waals surface area contributed by atoms with Crippen molar-refractivity contribution in [3.05, 3.63) is 23.5 Å². The Bertz CT molecular complexity index is 515. The Morgan fingerprint density at radius 1 is 1.53 bits per heavy atom. The quantitative estimate of drug-likeness (QED) is 0.511. The molecule has 0 heterocycles. The number of nitrogens with one attached hydrogen (secondary N) is 2. The topological polar surface area (TPSA) is 94.2 Å². The van der Waals surface area contributed by atoms with Crippen LogP contribution in [0.3, 0.4) is 0 Å². The number of nitrogens with zero attached hydrogens (tertiary/aromatic N) is 2. The van der Waals surface area contributed by atoms with Crippen molar-refractivity contribution in [1.82, 2.24) is 10.3 Å². The minimum atomic E-state index is -1.82. The molecule has 1 aromatic rings. The Morgan fingerprint density at radius 2 is 2.21 bits per heavy atom. The summed E-state index contributed by atoms with van der Waals surface area (Å²) in [5, 5.41) is 14.1. The van der Waals surface area contributed by atoms with Gasteiger partial charge >= 0.3 is 0 Å². The van der Waals surface area contributed by atoms with Gasteiger partial charge in [-0.2, -0.15) is 5.26 Å². The lowest BCUT2D eigenvalue weighted by atomic mass is 10.2. The number of rotatable bonds is 6. The molecule has 1 rings (SSSR count). The van der Waals surface area contributed by atoms with Crippen molar-refractivity contribution < 1.29 is 8.60 Å². The molecule has 19 heavy (non-hydrogen) atoms. The Hall–Kier alpha value is -1.53. The molecular formula is C11H16FN5OS.